The van der Waals surface area contributed by atoms with Crippen LogP contribution in [0.25, 0.3) is 0 Å². The highest BCUT2D eigenvalue weighted by Crippen LogP contribution is 2.37. The lowest BCUT2D eigenvalue weighted by atomic mass is 9.98. The van der Waals surface area contributed by atoms with Crippen molar-refractivity contribution in [2.75, 3.05) is 5.32 Å². The summed E-state index contributed by atoms with van der Waals surface area (Å²) in [5.41, 5.74) is 0.401. The molecule has 3 aromatic rings. The summed E-state index contributed by atoms with van der Waals surface area (Å²) >= 11 is 0. The molecule has 0 saturated heterocycles. The Morgan fingerprint density at radius 1 is 1.03 bits per heavy atom. The van der Waals surface area contributed by atoms with E-state index in [1.54, 1.807) is 24.3 Å². The monoisotopic (exact) mass is 399 g/mol. The van der Waals surface area contributed by atoms with Crippen molar-refractivity contribution in [3.05, 3.63) is 89.0 Å². The molecule has 1 aromatic heterocycles. The van der Waals surface area contributed by atoms with E-state index in [2.05, 4.69) is 15.3 Å². The molecule has 2 heterocycles. The van der Waals surface area contributed by atoms with Crippen LogP contribution in [-0.4, -0.2) is 16.6 Å². The number of rotatable bonds is 3. The van der Waals surface area contributed by atoms with Crippen LogP contribution in [0, 0.1) is 5.82 Å². The number of nitrogens with one attached hydrogen (secondary N) is 1. The maximum Gasteiger partial charge on any atom is 0.417 e. The van der Waals surface area contributed by atoms with Gasteiger partial charge in [0.05, 0.1) is 22.5 Å². The number of nitrogens with zero attached hydrogens (tertiary/aromatic N) is 2. The summed E-state index contributed by atoms with van der Waals surface area (Å²) in [4.78, 5) is 20.8. The van der Waals surface area contributed by atoms with Gasteiger partial charge in [-0.15, -0.1) is 0 Å². The van der Waals surface area contributed by atoms with Crippen LogP contribution in [0.2, 0.25) is 0 Å². The number of carbonyl (C=O) groups is 1. The fourth-order valence-corrected chi connectivity index (χ4v) is 3.20. The second kappa shape index (κ2) is 7.12. The first-order valence-electron chi connectivity index (χ1n) is 8.61. The Labute approximate surface area is 162 Å². The zero-order valence-corrected chi connectivity index (χ0v) is 14.8. The van der Waals surface area contributed by atoms with Crippen LogP contribution in [0.4, 0.5) is 28.9 Å². The molecule has 4 nitrogen and oxygen atoms in total. The third-order valence-corrected chi connectivity index (χ3v) is 4.50. The van der Waals surface area contributed by atoms with Crippen LogP contribution >= 0.6 is 0 Å². The minimum absolute atomic E-state index is 0.0657. The number of hydrogen-bond donors (Lipinski definition) is 1. The van der Waals surface area contributed by atoms with Crippen molar-refractivity contribution >= 4 is 23.0 Å². The summed E-state index contributed by atoms with van der Waals surface area (Å²) in [5.74, 6) is -1.24. The maximum absolute atomic E-state index is 13.7. The zero-order chi connectivity index (χ0) is 20.6. The molecule has 0 bridgehead atoms. The fraction of sp³-hybridized carbons (Fsp3) is 0.0952. The van der Waals surface area contributed by atoms with Gasteiger partial charge >= 0.3 is 6.18 Å². The lowest BCUT2D eigenvalue weighted by Gasteiger charge is -2.12. The molecule has 1 aliphatic heterocycles. The molecule has 0 unspecified atom stereocenters. The number of anilines is 1. The summed E-state index contributed by atoms with van der Waals surface area (Å²) < 4.78 is 53.8. The quantitative estimate of drug-likeness (QED) is 0.618. The number of pyridine rings is 1. The number of amides is 1. The lowest BCUT2D eigenvalue weighted by molar-refractivity contribution is -0.137. The highest BCUT2D eigenvalue weighted by Gasteiger charge is 2.36. The molecule has 1 aliphatic rings. The molecule has 0 spiro atoms. The Morgan fingerprint density at radius 3 is 2.52 bits per heavy atom. The molecule has 0 fully saturated rings. The third kappa shape index (κ3) is 3.73. The largest absolute Gasteiger partial charge is 0.417 e. The van der Waals surface area contributed by atoms with Gasteiger partial charge in [-0.1, -0.05) is 12.1 Å². The minimum Gasteiger partial charge on any atom is -0.322 e. The van der Waals surface area contributed by atoms with Gasteiger partial charge in [-0.25, -0.2) is 4.39 Å². The summed E-state index contributed by atoms with van der Waals surface area (Å²) in [6, 6.07) is 10.4. The summed E-state index contributed by atoms with van der Waals surface area (Å²) in [7, 11) is 0. The van der Waals surface area contributed by atoms with Crippen molar-refractivity contribution in [2.45, 2.75) is 12.6 Å². The predicted molar refractivity (Wildman–Crippen MR) is 99.9 cm³/mol. The van der Waals surface area contributed by atoms with Crippen molar-refractivity contribution in [1.29, 1.82) is 0 Å². The number of hydrogen-bond acceptors (Lipinski definition) is 3. The Hall–Kier alpha value is -3.55. The number of carbonyl (C=O) groups excluding carboxylic acids is 1. The molecule has 0 radical (unpaired) electrons. The van der Waals surface area contributed by atoms with Crippen molar-refractivity contribution in [3.8, 4) is 0 Å². The second-order valence-corrected chi connectivity index (χ2v) is 6.43. The van der Waals surface area contributed by atoms with Gasteiger partial charge in [0, 0.05) is 30.1 Å². The predicted octanol–water partition coefficient (Wildman–Crippen LogP) is 5.17. The van der Waals surface area contributed by atoms with Crippen LogP contribution in [0.15, 0.2) is 65.9 Å². The number of para-hydroxylation sites is 1. The first-order valence-corrected chi connectivity index (χ1v) is 8.61. The Balaban J connectivity index is 1.73. The molecule has 1 N–H and O–H groups in total. The first kappa shape index (κ1) is 18.8. The van der Waals surface area contributed by atoms with Crippen LogP contribution < -0.4 is 5.32 Å². The van der Waals surface area contributed by atoms with Crippen LogP contribution in [-0.2, 0) is 12.6 Å². The molecule has 146 valence electrons. The number of benzene rings is 2. The average molecular weight is 399 g/mol. The lowest BCUT2D eigenvalue weighted by Crippen LogP contribution is -2.14. The van der Waals surface area contributed by atoms with Crippen molar-refractivity contribution in [2.24, 2.45) is 4.99 Å². The SMILES string of the molecule is O=C(Nc1ccncc1)c1cccc2c1N=C(c1cc(F)ccc1C(F)(F)F)C2. The highest BCUT2D eigenvalue weighted by molar-refractivity contribution is 6.13. The van der Waals surface area contributed by atoms with Crippen molar-refractivity contribution in [3.63, 3.8) is 0 Å². The topological polar surface area (TPSA) is 54.4 Å². The number of aliphatic imine (C=N–C) groups is 1. The third-order valence-electron chi connectivity index (χ3n) is 4.50. The number of halogens is 4. The second-order valence-electron chi connectivity index (χ2n) is 6.43. The summed E-state index contributed by atoms with van der Waals surface area (Å²) in [6.07, 6.45) is -1.55. The standard InChI is InChI=1S/C21H13F4N3O/c22-13-4-5-17(21(23,24)25)16(11-13)18-10-12-2-1-3-15(19(12)28-18)20(29)27-14-6-8-26-9-7-14/h1-9,11H,10H2,(H,26,27,29). The van der Waals surface area contributed by atoms with Gasteiger partial charge in [-0.05, 0) is 42.0 Å². The Bertz CT molecular complexity index is 1120. The van der Waals surface area contributed by atoms with Crippen molar-refractivity contribution in [1.82, 2.24) is 4.98 Å². The number of alkyl halides is 3. The molecule has 0 atom stereocenters. The van der Waals surface area contributed by atoms with Gasteiger partial charge < -0.3 is 5.32 Å². The maximum atomic E-state index is 13.7. The van der Waals surface area contributed by atoms with Crippen LogP contribution in [0.1, 0.15) is 27.0 Å². The van der Waals surface area contributed by atoms with Gasteiger partial charge in [-0.2, -0.15) is 13.2 Å². The normalized spacial score (nSPS) is 13.0. The smallest absolute Gasteiger partial charge is 0.322 e. The minimum atomic E-state index is -4.65. The molecular formula is C21H13F4N3O. The first-order chi connectivity index (χ1) is 13.8. The van der Waals surface area contributed by atoms with E-state index < -0.39 is 23.5 Å². The number of aromatic nitrogens is 1. The van der Waals surface area contributed by atoms with E-state index in [-0.39, 0.29) is 28.9 Å². The van der Waals surface area contributed by atoms with Crippen LogP contribution in [0.5, 0.6) is 0 Å². The fourth-order valence-electron chi connectivity index (χ4n) is 3.20. The average Bonchev–Trinajstić information content (AvgIpc) is 3.12. The van der Waals surface area contributed by atoms with E-state index in [4.69, 9.17) is 0 Å². The van der Waals surface area contributed by atoms with Gasteiger partial charge in [-0.3, -0.25) is 14.8 Å². The van der Waals surface area contributed by atoms with E-state index >= 15 is 0 Å². The zero-order valence-electron chi connectivity index (χ0n) is 14.8. The Morgan fingerprint density at radius 2 is 1.79 bits per heavy atom. The number of fused-ring (bicyclic) bond motifs is 1. The molecule has 0 saturated carbocycles. The molecule has 1 amide bonds. The summed E-state index contributed by atoms with van der Waals surface area (Å²) in [5, 5.41) is 2.70. The van der Waals surface area contributed by atoms with E-state index in [1.807, 2.05) is 0 Å². The van der Waals surface area contributed by atoms with E-state index in [0.29, 0.717) is 17.3 Å². The molecular weight excluding hydrogens is 386 g/mol. The van der Waals surface area contributed by atoms with Gasteiger partial charge in [0.2, 0.25) is 0 Å². The highest BCUT2D eigenvalue weighted by atomic mass is 19.4. The van der Waals surface area contributed by atoms with Gasteiger partial charge in [0.25, 0.3) is 5.91 Å². The molecule has 2 aromatic carbocycles. The summed E-state index contributed by atoms with van der Waals surface area (Å²) in [6.45, 7) is 0. The van der Waals surface area contributed by atoms with Crippen LogP contribution in [0.3, 0.4) is 0 Å². The van der Waals surface area contributed by atoms with E-state index in [1.165, 1.54) is 18.5 Å². The van der Waals surface area contributed by atoms with Crippen molar-refractivity contribution < 1.29 is 22.4 Å². The molecule has 0 aliphatic carbocycles. The van der Waals surface area contributed by atoms with E-state index in [0.717, 1.165) is 12.1 Å². The Kier molecular flexibility index (Phi) is 4.62. The van der Waals surface area contributed by atoms with E-state index in [9.17, 15) is 22.4 Å². The molecule has 4 rings (SSSR count). The van der Waals surface area contributed by atoms with Gasteiger partial charge in [0.15, 0.2) is 0 Å². The molecule has 29 heavy (non-hydrogen) atoms. The molecule has 8 heteroatoms. The van der Waals surface area contributed by atoms with Gasteiger partial charge in [0.1, 0.15) is 5.82 Å².